The van der Waals surface area contributed by atoms with Gasteiger partial charge in [0.05, 0.1) is 6.33 Å². The third-order valence-corrected chi connectivity index (χ3v) is 6.34. The number of imidazole rings is 1. The first-order valence-electron chi connectivity index (χ1n) is 12.6. The van der Waals surface area contributed by atoms with E-state index in [9.17, 15) is 4.79 Å². The van der Waals surface area contributed by atoms with Gasteiger partial charge in [0.2, 0.25) is 0 Å². The second-order valence-electron chi connectivity index (χ2n) is 8.86. The summed E-state index contributed by atoms with van der Waals surface area (Å²) in [6.45, 7) is 4.57. The number of carbonyl (C=O) groups is 1. The summed E-state index contributed by atoms with van der Waals surface area (Å²) < 4.78 is 0.949. The standard InChI is InChI=1S/C29H32BrN7O/c1-22-17-25(30)18-34-27(22)37(20-23-9-4-2-5-10-23)16-15-33-29(32-14-8-13-26-19-31-21-35-26)36-28(38)24-11-6-3-7-12-24/h2-7,9-12,17-19,21H,8,13-16,20H2,1H3,(H,31,35)(H2,32,33,36,38). The lowest BCUT2D eigenvalue weighted by molar-refractivity contribution is 0.0975. The highest BCUT2D eigenvalue weighted by molar-refractivity contribution is 9.10. The first-order chi connectivity index (χ1) is 18.6. The number of H-pyrrole nitrogens is 1. The molecule has 4 rings (SSSR count). The van der Waals surface area contributed by atoms with Crippen LogP contribution in [0.2, 0.25) is 0 Å². The predicted molar refractivity (Wildman–Crippen MR) is 155 cm³/mol. The Morgan fingerprint density at radius 2 is 1.84 bits per heavy atom. The van der Waals surface area contributed by atoms with E-state index in [0.29, 0.717) is 37.7 Å². The lowest BCUT2D eigenvalue weighted by atomic mass is 10.2. The minimum absolute atomic E-state index is 0.197. The van der Waals surface area contributed by atoms with Gasteiger partial charge >= 0.3 is 0 Å². The van der Waals surface area contributed by atoms with Crippen molar-refractivity contribution in [1.82, 2.24) is 25.6 Å². The second kappa shape index (κ2) is 14.1. The van der Waals surface area contributed by atoms with E-state index in [1.165, 1.54) is 5.56 Å². The lowest BCUT2D eigenvalue weighted by Gasteiger charge is -2.26. The van der Waals surface area contributed by atoms with Crippen molar-refractivity contribution in [2.75, 3.05) is 24.5 Å². The molecule has 0 aliphatic carbocycles. The van der Waals surface area contributed by atoms with Gasteiger partial charge in [0.15, 0.2) is 5.96 Å². The zero-order valence-electron chi connectivity index (χ0n) is 21.4. The highest BCUT2D eigenvalue weighted by atomic mass is 79.9. The molecule has 8 nitrogen and oxygen atoms in total. The number of nitrogens with one attached hydrogen (secondary N) is 3. The van der Waals surface area contributed by atoms with Crippen LogP contribution in [0.4, 0.5) is 5.82 Å². The van der Waals surface area contributed by atoms with E-state index in [2.05, 4.69) is 76.5 Å². The van der Waals surface area contributed by atoms with Crippen molar-refractivity contribution in [3.8, 4) is 0 Å². The number of hydrogen-bond acceptors (Lipinski definition) is 5. The number of guanidine groups is 1. The summed E-state index contributed by atoms with van der Waals surface area (Å²) in [5.74, 6) is 1.19. The number of anilines is 1. The Hall–Kier alpha value is -3.98. The van der Waals surface area contributed by atoms with Crippen LogP contribution >= 0.6 is 15.9 Å². The van der Waals surface area contributed by atoms with Crippen LogP contribution in [0.1, 0.15) is 33.6 Å². The summed E-state index contributed by atoms with van der Waals surface area (Å²) in [4.78, 5) is 31.6. The topological polar surface area (TPSA) is 98.3 Å². The monoisotopic (exact) mass is 573 g/mol. The fourth-order valence-electron chi connectivity index (χ4n) is 4.03. The number of aryl methyl sites for hydroxylation is 2. The van der Waals surface area contributed by atoms with Crippen molar-refractivity contribution >= 4 is 33.6 Å². The first kappa shape index (κ1) is 27.1. The molecule has 0 fully saturated rings. The van der Waals surface area contributed by atoms with Gasteiger partial charge in [-0.2, -0.15) is 0 Å². The van der Waals surface area contributed by atoms with Gasteiger partial charge in [-0.15, -0.1) is 0 Å². The molecule has 3 N–H and O–H groups in total. The number of pyridine rings is 1. The molecule has 4 aromatic rings. The summed E-state index contributed by atoms with van der Waals surface area (Å²) in [6.07, 6.45) is 6.98. The van der Waals surface area contributed by atoms with E-state index >= 15 is 0 Å². The van der Waals surface area contributed by atoms with Gasteiger partial charge in [-0.1, -0.05) is 48.5 Å². The van der Waals surface area contributed by atoms with E-state index in [0.717, 1.165) is 34.4 Å². The molecule has 2 aromatic carbocycles. The Kier molecular flexibility index (Phi) is 10.0. The van der Waals surface area contributed by atoms with Gasteiger partial charge in [-0.3, -0.25) is 15.1 Å². The molecule has 2 aromatic heterocycles. The largest absolute Gasteiger partial charge is 0.354 e. The van der Waals surface area contributed by atoms with E-state index in [1.54, 1.807) is 18.5 Å². The van der Waals surface area contributed by atoms with Crippen LogP contribution in [0.15, 0.2) is 94.9 Å². The van der Waals surface area contributed by atoms with Crippen LogP contribution in [-0.2, 0) is 13.0 Å². The van der Waals surface area contributed by atoms with Crippen molar-refractivity contribution in [3.63, 3.8) is 0 Å². The Bertz CT molecular complexity index is 1310. The predicted octanol–water partition coefficient (Wildman–Crippen LogP) is 4.89. The highest BCUT2D eigenvalue weighted by Crippen LogP contribution is 2.22. The fourth-order valence-corrected chi connectivity index (χ4v) is 4.47. The third-order valence-electron chi connectivity index (χ3n) is 5.90. The normalized spacial score (nSPS) is 11.3. The van der Waals surface area contributed by atoms with Crippen molar-refractivity contribution < 1.29 is 4.79 Å². The Morgan fingerprint density at radius 1 is 1.08 bits per heavy atom. The number of nitrogens with zero attached hydrogens (tertiary/aromatic N) is 4. The molecule has 0 saturated heterocycles. The SMILES string of the molecule is Cc1cc(Br)cnc1N(CCNC(=NCCCc1cnc[nH]1)NC(=O)c1ccccc1)Cc1ccccc1. The molecular formula is C29H32BrN7O. The molecule has 0 atom stereocenters. The number of halogens is 1. The number of rotatable bonds is 11. The zero-order chi connectivity index (χ0) is 26.6. The van der Waals surface area contributed by atoms with Gasteiger partial charge in [-0.25, -0.2) is 9.97 Å². The molecule has 196 valence electrons. The van der Waals surface area contributed by atoms with Crippen LogP contribution in [0.25, 0.3) is 0 Å². The lowest BCUT2D eigenvalue weighted by Crippen LogP contribution is -2.44. The summed E-state index contributed by atoms with van der Waals surface area (Å²) >= 11 is 3.51. The second-order valence-corrected chi connectivity index (χ2v) is 9.77. The molecule has 0 aliphatic heterocycles. The van der Waals surface area contributed by atoms with Crippen molar-refractivity contribution in [1.29, 1.82) is 0 Å². The fraction of sp³-hybridized carbons (Fsp3) is 0.241. The molecule has 0 saturated carbocycles. The molecule has 2 heterocycles. The number of aromatic amines is 1. The first-order valence-corrected chi connectivity index (χ1v) is 13.4. The van der Waals surface area contributed by atoms with Crippen molar-refractivity contribution in [3.05, 3.63) is 112 Å². The number of aromatic nitrogens is 3. The minimum atomic E-state index is -0.197. The van der Waals surface area contributed by atoms with E-state index in [-0.39, 0.29) is 5.91 Å². The highest BCUT2D eigenvalue weighted by Gasteiger charge is 2.14. The number of hydrogen-bond donors (Lipinski definition) is 3. The Morgan fingerprint density at radius 3 is 2.55 bits per heavy atom. The Balaban J connectivity index is 1.43. The van der Waals surface area contributed by atoms with E-state index < -0.39 is 0 Å². The molecule has 0 bridgehead atoms. The molecule has 0 aliphatic rings. The van der Waals surface area contributed by atoms with Gasteiger partial charge in [0.1, 0.15) is 5.82 Å². The van der Waals surface area contributed by atoms with Crippen LogP contribution in [0.5, 0.6) is 0 Å². The minimum Gasteiger partial charge on any atom is -0.354 e. The molecule has 38 heavy (non-hydrogen) atoms. The van der Waals surface area contributed by atoms with Crippen LogP contribution in [0, 0.1) is 6.92 Å². The van der Waals surface area contributed by atoms with Crippen LogP contribution < -0.4 is 15.5 Å². The summed E-state index contributed by atoms with van der Waals surface area (Å²) in [5, 5.41) is 6.30. The van der Waals surface area contributed by atoms with E-state index in [1.807, 2.05) is 48.8 Å². The molecule has 0 unspecified atom stereocenters. The molecular weight excluding hydrogens is 542 g/mol. The summed E-state index contributed by atoms with van der Waals surface area (Å²) in [6, 6.07) is 21.5. The molecule has 9 heteroatoms. The van der Waals surface area contributed by atoms with Gasteiger partial charge in [-0.05, 0) is 65.0 Å². The summed E-state index contributed by atoms with van der Waals surface area (Å²) in [7, 11) is 0. The maximum atomic E-state index is 12.8. The maximum Gasteiger partial charge on any atom is 0.257 e. The van der Waals surface area contributed by atoms with Crippen LogP contribution in [-0.4, -0.2) is 46.5 Å². The molecule has 0 radical (unpaired) electrons. The third kappa shape index (κ3) is 8.27. The Labute approximate surface area is 231 Å². The number of carbonyl (C=O) groups excluding carboxylic acids is 1. The van der Waals surface area contributed by atoms with Gasteiger partial charge in [0, 0.05) is 54.3 Å². The van der Waals surface area contributed by atoms with E-state index in [4.69, 9.17) is 0 Å². The van der Waals surface area contributed by atoms with Gasteiger partial charge < -0.3 is 15.2 Å². The van der Waals surface area contributed by atoms with Crippen molar-refractivity contribution in [2.45, 2.75) is 26.3 Å². The summed E-state index contributed by atoms with van der Waals surface area (Å²) in [5.41, 5.74) is 3.93. The number of aliphatic imine (C=N–C) groups is 1. The maximum absolute atomic E-state index is 12.8. The zero-order valence-corrected chi connectivity index (χ0v) is 23.0. The molecule has 0 spiro atoms. The molecule has 1 amide bonds. The average Bonchev–Trinajstić information content (AvgIpc) is 3.45. The smallest absolute Gasteiger partial charge is 0.257 e. The quantitative estimate of drug-likeness (QED) is 0.135. The number of benzene rings is 2. The van der Waals surface area contributed by atoms with Gasteiger partial charge in [0.25, 0.3) is 5.91 Å². The van der Waals surface area contributed by atoms with Crippen LogP contribution in [0.3, 0.4) is 0 Å². The van der Waals surface area contributed by atoms with Crippen molar-refractivity contribution in [2.24, 2.45) is 4.99 Å². The number of amides is 1. The average molecular weight is 575 g/mol.